The van der Waals surface area contributed by atoms with Gasteiger partial charge in [-0.1, -0.05) is 34.1 Å². The van der Waals surface area contributed by atoms with Crippen molar-refractivity contribution < 1.29 is 4.79 Å². The monoisotopic (exact) mass is 265 g/mol. The highest BCUT2D eigenvalue weighted by Gasteiger charge is 1.96. The molecule has 15 heavy (non-hydrogen) atoms. The maximum absolute atomic E-state index is 10.9. The summed E-state index contributed by atoms with van der Waals surface area (Å²) in [6, 6.07) is 9.21. The molecule has 0 saturated carbocycles. The van der Waals surface area contributed by atoms with Gasteiger partial charge in [-0.2, -0.15) is 10.4 Å². The summed E-state index contributed by atoms with van der Waals surface area (Å²) < 4.78 is 0.892. The van der Waals surface area contributed by atoms with E-state index in [0.717, 1.165) is 10.0 Å². The number of hydrazone groups is 1. The molecule has 0 unspecified atom stereocenters. The van der Waals surface area contributed by atoms with Gasteiger partial charge in [-0.15, -0.1) is 0 Å². The van der Waals surface area contributed by atoms with Crippen molar-refractivity contribution in [2.45, 2.75) is 6.42 Å². The Balaban J connectivity index is 2.56. The lowest BCUT2D eigenvalue weighted by molar-refractivity contribution is -0.120. The van der Waals surface area contributed by atoms with Crippen LogP contribution in [-0.4, -0.2) is 12.1 Å². The molecule has 0 heterocycles. The molecule has 0 saturated heterocycles. The van der Waals surface area contributed by atoms with E-state index in [-0.39, 0.29) is 6.42 Å². The summed E-state index contributed by atoms with van der Waals surface area (Å²) >= 11 is 3.34. The van der Waals surface area contributed by atoms with Gasteiger partial charge in [0.05, 0.1) is 12.3 Å². The summed E-state index contributed by atoms with van der Waals surface area (Å²) in [5.41, 5.74) is 3.10. The molecule has 5 heteroatoms. The van der Waals surface area contributed by atoms with E-state index >= 15 is 0 Å². The van der Waals surface area contributed by atoms with Crippen molar-refractivity contribution in [2.24, 2.45) is 5.10 Å². The number of carbonyl (C=O) groups is 1. The van der Waals surface area contributed by atoms with Gasteiger partial charge in [0.25, 0.3) is 5.91 Å². The van der Waals surface area contributed by atoms with Crippen molar-refractivity contribution in [3.05, 3.63) is 34.3 Å². The molecule has 0 fully saturated rings. The number of hydrogen-bond acceptors (Lipinski definition) is 3. The molecule has 1 aromatic carbocycles. The lowest BCUT2D eigenvalue weighted by Crippen LogP contribution is -2.16. The molecule has 1 rings (SSSR count). The van der Waals surface area contributed by atoms with Gasteiger partial charge in [0.15, 0.2) is 0 Å². The van der Waals surface area contributed by atoms with E-state index in [1.807, 2.05) is 24.3 Å². The fraction of sp³-hybridized carbons (Fsp3) is 0.100. The minimum absolute atomic E-state index is 0.187. The van der Waals surface area contributed by atoms with Crippen LogP contribution in [0.5, 0.6) is 0 Å². The molecule has 0 atom stereocenters. The maximum atomic E-state index is 10.9. The third-order valence-electron chi connectivity index (χ3n) is 1.54. The SMILES string of the molecule is N#CCC(=O)NN=Cc1ccccc1Br. The fourth-order valence-electron chi connectivity index (χ4n) is 0.865. The Kier molecular flexibility index (Phi) is 4.51. The third kappa shape index (κ3) is 3.92. The Morgan fingerprint density at radius 3 is 3.00 bits per heavy atom. The van der Waals surface area contributed by atoms with Crippen LogP contribution in [0.15, 0.2) is 33.8 Å². The highest BCUT2D eigenvalue weighted by atomic mass is 79.9. The van der Waals surface area contributed by atoms with Gasteiger partial charge in [-0.3, -0.25) is 4.79 Å². The highest BCUT2D eigenvalue weighted by molar-refractivity contribution is 9.10. The van der Waals surface area contributed by atoms with Crippen LogP contribution in [0.25, 0.3) is 0 Å². The Hall–Kier alpha value is -1.67. The normalized spacial score (nSPS) is 9.87. The number of hydrogen-bond donors (Lipinski definition) is 1. The first kappa shape index (κ1) is 11.4. The number of halogens is 1. The zero-order chi connectivity index (χ0) is 11.1. The summed E-state index contributed by atoms with van der Waals surface area (Å²) in [4.78, 5) is 10.9. The molecule has 1 N–H and O–H groups in total. The van der Waals surface area contributed by atoms with Gasteiger partial charge >= 0.3 is 0 Å². The van der Waals surface area contributed by atoms with E-state index < -0.39 is 5.91 Å². The number of amides is 1. The molecule has 0 radical (unpaired) electrons. The van der Waals surface area contributed by atoms with E-state index in [0.29, 0.717) is 0 Å². The summed E-state index contributed by atoms with van der Waals surface area (Å²) in [5.74, 6) is -0.416. The Labute approximate surface area is 95.7 Å². The second-order valence-electron chi connectivity index (χ2n) is 2.65. The number of carbonyl (C=O) groups excluding carboxylic acids is 1. The molecule has 0 aliphatic rings. The van der Waals surface area contributed by atoms with E-state index in [1.54, 1.807) is 6.07 Å². The van der Waals surface area contributed by atoms with Crippen molar-refractivity contribution in [3.8, 4) is 6.07 Å². The van der Waals surface area contributed by atoms with Crippen LogP contribution in [0.4, 0.5) is 0 Å². The molecule has 1 amide bonds. The number of nitriles is 1. The largest absolute Gasteiger partial charge is 0.272 e. The van der Waals surface area contributed by atoms with E-state index in [1.165, 1.54) is 6.21 Å². The van der Waals surface area contributed by atoms with Crippen LogP contribution < -0.4 is 5.43 Å². The average Bonchev–Trinajstić information content (AvgIpc) is 2.21. The first-order valence-electron chi connectivity index (χ1n) is 4.17. The van der Waals surface area contributed by atoms with Gasteiger partial charge in [-0.05, 0) is 6.07 Å². The maximum Gasteiger partial charge on any atom is 0.254 e. The van der Waals surface area contributed by atoms with E-state index in [2.05, 4.69) is 26.5 Å². The van der Waals surface area contributed by atoms with Gasteiger partial charge < -0.3 is 0 Å². The minimum Gasteiger partial charge on any atom is -0.272 e. The molecule has 0 aromatic heterocycles. The smallest absolute Gasteiger partial charge is 0.254 e. The number of nitrogens with one attached hydrogen (secondary N) is 1. The quantitative estimate of drug-likeness (QED) is 0.669. The molecule has 0 aliphatic heterocycles. The zero-order valence-electron chi connectivity index (χ0n) is 7.77. The van der Waals surface area contributed by atoms with Crippen molar-refractivity contribution >= 4 is 28.1 Å². The molecule has 4 nitrogen and oxygen atoms in total. The summed E-state index contributed by atoms with van der Waals surface area (Å²) in [5, 5.41) is 11.9. The predicted octanol–water partition coefficient (Wildman–Crippen LogP) is 1.81. The molecule has 0 bridgehead atoms. The summed E-state index contributed by atoms with van der Waals surface area (Å²) in [7, 11) is 0. The van der Waals surface area contributed by atoms with E-state index in [9.17, 15) is 4.79 Å². The summed E-state index contributed by atoms with van der Waals surface area (Å²) in [6.07, 6.45) is 1.33. The highest BCUT2D eigenvalue weighted by Crippen LogP contribution is 2.13. The Morgan fingerprint density at radius 2 is 2.33 bits per heavy atom. The molecular weight excluding hydrogens is 258 g/mol. The van der Waals surface area contributed by atoms with Crippen molar-refractivity contribution in [3.63, 3.8) is 0 Å². The standard InChI is InChI=1S/C10H8BrN3O/c11-9-4-2-1-3-8(9)7-13-14-10(15)5-6-12/h1-4,7H,5H2,(H,14,15). The van der Waals surface area contributed by atoms with Crippen molar-refractivity contribution in [1.29, 1.82) is 5.26 Å². The average molecular weight is 266 g/mol. The lowest BCUT2D eigenvalue weighted by atomic mass is 10.2. The molecule has 1 aromatic rings. The van der Waals surface area contributed by atoms with Crippen LogP contribution in [0, 0.1) is 11.3 Å². The number of rotatable bonds is 3. The first-order valence-corrected chi connectivity index (χ1v) is 4.96. The van der Waals surface area contributed by atoms with Crippen LogP contribution in [0.1, 0.15) is 12.0 Å². The molecule has 0 spiro atoms. The van der Waals surface area contributed by atoms with E-state index in [4.69, 9.17) is 5.26 Å². The van der Waals surface area contributed by atoms with Crippen LogP contribution in [0.3, 0.4) is 0 Å². The van der Waals surface area contributed by atoms with Gasteiger partial charge in [0.1, 0.15) is 6.42 Å². The van der Waals surface area contributed by atoms with Gasteiger partial charge in [-0.25, -0.2) is 5.43 Å². The second-order valence-corrected chi connectivity index (χ2v) is 3.50. The van der Waals surface area contributed by atoms with Crippen LogP contribution >= 0.6 is 15.9 Å². The lowest BCUT2D eigenvalue weighted by Gasteiger charge is -1.96. The van der Waals surface area contributed by atoms with Crippen molar-refractivity contribution in [1.82, 2.24) is 5.43 Å². The second kappa shape index (κ2) is 5.94. The van der Waals surface area contributed by atoms with Gasteiger partial charge in [0, 0.05) is 10.0 Å². The first-order chi connectivity index (χ1) is 7.24. The van der Waals surface area contributed by atoms with Crippen molar-refractivity contribution in [2.75, 3.05) is 0 Å². The molecule has 0 aliphatic carbocycles. The fourth-order valence-corrected chi connectivity index (χ4v) is 1.25. The third-order valence-corrected chi connectivity index (χ3v) is 2.26. The topological polar surface area (TPSA) is 65.2 Å². The van der Waals surface area contributed by atoms with Gasteiger partial charge in [0.2, 0.25) is 0 Å². The minimum atomic E-state index is -0.416. The predicted molar refractivity (Wildman–Crippen MR) is 60.1 cm³/mol. The van der Waals surface area contributed by atoms with Crippen LogP contribution in [0.2, 0.25) is 0 Å². The Bertz CT molecular complexity index is 423. The molecule has 76 valence electrons. The molecular formula is C10H8BrN3O. The number of benzene rings is 1. The zero-order valence-corrected chi connectivity index (χ0v) is 9.36. The van der Waals surface area contributed by atoms with Crippen LogP contribution in [-0.2, 0) is 4.79 Å². The summed E-state index contributed by atoms with van der Waals surface area (Å²) in [6.45, 7) is 0. The Morgan fingerprint density at radius 1 is 1.60 bits per heavy atom. The number of nitrogens with zero attached hydrogens (tertiary/aromatic N) is 2.